The fourth-order valence-electron chi connectivity index (χ4n) is 2.53. The second-order valence-corrected chi connectivity index (χ2v) is 4.61. The van der Waals surface area contributed by atoms with Crippen LogP contribution in [0.5, 0.6) is 0 Å². The van der Waals surface area contributed by atoms with Gasteiger partial charge in [-0.15, -0.1) is 0 Å². The largest absolute Gasteiger partial charge is 0.409 e. The zero-order valence-corrected chi connectivity index (χ0v) is 10.3. The zero-order chi connectivity index (χ0) is 12.3. The third-order valence-corrected chi connectivity index (χ3v) is 3.50. The molecule has 94 valence electrons. The van der Waals surface area contributed by atoms with Gasteiger partial charge in [0.1, 0.15) is 5.84 Å². The van der Waals surface area contributed by atoms with Crippen LogP contribution in [0.2, 0.25) is 0 Å². The standard InChI is InChI=1S/C12H20N4O/c1-2-9(7-12(13)15-17)16-8-14-10-5-3-4-6-11(10)16/h8-9,17H,2-7H2,1H3,(H2,13,15). The summed E-state index contributed by atoms with van der Waals surface area (Å²) >= 11 is 0. The van der Waals surface area contributed by atoms with Crippen molar-refractivity contribution in [3.05, 3.63) is 17.7 Å². The summed E-state index contributed by atoms with van der Waals surface area (Å²) in [6.45, 7) is 2.12. The molecule has 0 aliphatic heterocycles. The van der Waals surface area contributed by atoms with Gasteiger partial charge in [-0.2, -0.15) is 0 Å². The number of nitrogens with two attached hydrogens (primary N) is 1. The Hall–Kier alpha value is -1.52. The summed E-state index contributed by atoms with van der Waals surface area (Å²) in [5.41, 5.74) is 8.17. The van der Waals surface area contributed by atoms with E-state index in [1.165, 1.54) is 24.2 Å². The van der Waals surface area contributed by atoms with Crippen molar-refractivity contribution < 1.29 is 5.21 Å². The lowest BCUT2D eigenvalue weighted by Gasteiger charge is -2.21. The predicted molar refractivity (Wildman–Crippen MR) is 66.2 cm³/mol. The van der Waals surface area contributed by atoms with E-state index in [2.05, 4.69) is 21.6 Å². The van der Waals surface area contributed by atoms with Gasteiger partial charge in [-0.25, -0.2) is 4.98 Å². The average molecular weight is 236 g/mol. The van der Waals surface area contributed by atoms with Crippen LogP contribution in [0.4, 0.5) is 0 Å². The van der Waals surface area contributed by atoms with Crippen molar-refractivity contribution in [1.82, 2.24) is 9.55 Å². The van der Waals surface area contributed by atoms with Crippen LogP contribution in [0.1, 0.15) is 50.0 Å². The number of aromatic nitrogens is 2. The van der Waals surface area contributed by atoms with Gasteiger partial charge in [-0.05, 0) is 32.1 Å². The van der Waals surface area contributed by atoms with Crippen molar-refractivity contribution in [2.45, 2.75) is 51.5 Å². The molecule has 0 bridgehead atoms. The highest BCUT2D eigenvalue weighted by Crippen LogP contribution is 2.25. The quantitative estimate of drug-likeness (QED) is 0.362. The van der Waals surface area contributed by atoms with E-state index in [0.29, 0.717) is 6.42 Å². The molecule has 2 rings (SSSR count). The van der Waals surface area contributed by atoms with Crippen molar-refractivity contribution in [3.8, 4) is 0 Å². The molecule has 0 saturated heterocycles. The van der Waals surface area contributed by atoms with E-state index in [0.717, 1.165) is 19.3 Å². The minimum absolute atomic E-state index is 0.250. The van der Waals surface area contributed by atoms with E-state index in [-0.39, 0.29) is 11.9 Å². The minimum atomic E-state index is 0.250. The molecular formula is C12H20N4O. The maximum atomic E-state index is 8.65. The SMILES string of the molecule is CCC(CC(N)=NO)n1cnc2c1CCCC2. The molecule has 1 aromatic heterocycles. The molecule has 1 aliphatic carbocycles. The monoisotopic (exact) mass is 236 g/mol. The first-order valence-corrected chi connectivity index (χ1v) is 6.27. The van der Waals surface area contributed by atoms with Gasteiger partial charge in [-0.3, -0.25) is 0 Å². The van der Waals surface area contributed by atoms with Gasteiger partial charge < -0.3 is 15.5 Å². The van der Waals surface area contributed by atoms with Gasteiger partial charge in [0.05, 0.1) is 12.0 Å². The lowest BCUT2D eigenvalue weighted by molar-refractivity contribution is 0.314. The maximum absolute atomic E-state index is 8.65. The van der Waals surface area contributed by atoms with Crippen LogP contribution in [0, 0.1) is 0 Å². The normalized spacial score (nSPS) is 17.8. The van der Waals surface area contributed by atoms with Gasteiger partial charge >= 0.3 is 0 Å². The summed E-state index contributed by atoms with van der Waals surface area (Å²) in [6, 6.07) is 0.250. The molecular weight excluding hydrogens is 216 g/mol. The molecule has 0 radical (unpaired) electrons. The van der Waals surface area contributed by atoms with Gasteiger partial charge in [0, 0.05) is 18.2 Å². The number of aryl methyl sites for hydroxylation is 1. The fraction of sp³-hybridized carbons (Fsp3) is 0.667. The highest BCUT2D eigenvalue weighted by molar-refractivity contribution is 5.80. The Bertz CT molecular complexity index is 411. The first-order chi connectivity index (χ1) is 8.26. The molecule has 0 fully saturated rings. The number of hydrogen-bond donors (Lipinski definition) is 2. The number of oxime groups is 1. The minimum Gasteiger partial charge on any atom is -0.409 e. The number of nitrogens with zero attached hydrogens (tertiary/aromatic N) is 3. The average Bonchev–Trinajstić information content (AvgIpc) is 2.79. The van der Waals surface area contributed by atoms with Gasteiger partial charge in [-0.1, -0.05) is 12.1 Å². The van der Waals surface area contributed by atoms with E-state index in [4.69, 9.17) is 10.9 Å². The summed E-state index contributed by atoms with van der Waals surface area (Å²) in [5.74, 6) is 0.287. The number of imidazole rings is 1. The fourth-order valence-corrected chi connectivity index (χ4v) is 2.53. The lowest BCUT2D eigenvalue weighted by atomic mass is 10.00. The Balaban J connectivity index is 2.22. The number of fused-ring (bicyclic) bond motifs is 1. The van der Waals surface area contributed by atoms with E-state index < -0.39 is 0 Å². The van der Waals surface area contributed by atoms with Crippen molar-refractivity contribution in [2.75, 3.05) is 0 Å². The molecule has 5 nitrogen and oxygen atoms in total. The molecule has 17 heavy (non-hydrogen) atoms. The summed E-state index contributed by atoms with van der Waals surface area (Å²) < 4.78 is 2.21. The second kappa shape index (κ2) is 5.21. The molecule has 5 heteroatoms. The van der Waals surface area contributed by atoms with Crippen molar-refractivity contribution in [3.63, 3.8) is 0 Å². The first kappa shape index (κ1) is 12.0. The highest BCUT2D eigenvalue weighted by Gasteiger charge is 2.20. The summed E-state index contributed by atoms with van der Waals surface area (Å²) in [7, 11) is 0. The molecule has 0 amide bonds. The molecule has 0 aromatic carbocycles. The second-order valence-electron chi connectivity index (χ2n) is 4.61. The molecule has 0 saturated carbocycles. The van der Waals surface area contributed by atoms with Crippen molar-refractivity contribution in [2.24, 2.45) is 10.9 Å². The zero-order valence-electron chi connectivity index (χ0n) is 10.3. The lowest BCUT2D eigenvalue weighted by Crippen LogP contribution is -2.21. The molecule has 0 spiro atoms. The molecule has 1 aromatic rings. The highest BCUT2D eigenvalue weighted by atomic mass is 16.4. The topological polar surface area (TPSA) is 76.4 Å². The summed E-state index contributed by atoms with van der Waals surface area (Å²) in [6.07, 6.45) is 8.10. The molecule has 1 atom stereocenters. The summed E-state index contributed by atoms with van der Waals surface area (Å²) in [4.78, 5) is 4.48. The molecule has 1 unspecified atom stereocenters. The molecule has 1 heterocycles. The third-order valence-electron chi connectivity index (χ3n) is 3.50. The smallest absolute Gasteiger partial charge is 0.141 e. The number of hydrogen-bond acceptors (Lipinski definition) is 3. The third kappa shape index (κ3) is 2.43. The van der Waals surface area contributed by atoms with Gasteiger partial charge in [0.25, 0.3) is 0 Å². The maximum Gasteiger partial charge on any atom is 0.141 e. The first-order valence-electron chi connectivity index (χ1n) is 6.27. The van der Waals surface area contributed by atoms with E-state index in [9.17, 15) is 0 Å². The Kier molecular flexibility index (Phi) is 3.66. The van der Waals surface area contributed by atoms with E-state index in [1.807, 2.05) is 6.33 Å². The molecule has 1 aliphatic rings. The Morgan fingerprint density at radius 3 is 3.06 bits per heavy atom. The Labute approximate surface area is 101 Å². The van der Waals surface area contributed by atoms with Crippen molar-refractivity contribution >= 4 is 5.84 Å². The van der Waals surface area contributed by atoms with Crippen molar-refractivity contribution in [1.29, 1.82) is 0 Å². The van der Waals surface area contributed by atoms with Crippen LogP contribution >= 0.6 is 0 Å². The van der Waals surface area contributed by atoms with E-state index in [1.54, 1.807) is 0 Å². The van der Waals surface area contributed by atoms with Gasteiger partial charge in [0.2, 0.25) is 0 Å². The van der Waals surface area contributed by atoms with E-state index >= 15 is 0 Å². The number of amidine groups is 1. The Morgan fingerprint density at radius 1 is 1.59 bits per heavy atom. The van der Waals surface area contributed by atoms with Crippen LogP contribution in [0.15, 0.2) is 11.5 Å². The van der Waals surface area contributed by atoms with Crippen LogP contribution in [0.25, 0.3) is 0 Å². The Morgan fingerprint density at radius 2 is 2.35 bits per heavy atom. The number of rotatable bonds is 4. The van der Waals surface area contributed by atoms with Gasteiger partial charge in [0.15, 0.2) is 0 Å². The van der Waals surface area contributed by atoms with Crippen LogP contribution in [0.3, 0.4) is 0 Å². The van der Waals surface area contributed by atoms with Crippen LogP contribution in [-0.4, -0.2) is 20.6 Å². The van der Waals surface area contributed by atoms with Crippen LogP contribution < -0.4 is 5.73 Å². The molecule has 3 N–H and O–H groups in total. The van der Waals surface area contributed by atoms with Crippen LogP contribution in [-0.2, 0) is 12.8 Å². The summed E-state index contributed by atoms with van der Waals surface area (Å²) in [5, 5.41) is 11.7. The predicted octanol–water partition coefficient (Wildman–Crippen LogP) is 1.85.